The van der Waals surface area contributed by atoms with Gasteiger partial charge in [-0.25, -0.2) is 5.84 Å². The largest absolute Gasteiger partial charge is 0.307 e. The zero-order chi connectivity index (χ0) is 7.40. The third kappa shape index (κ3) is 1.11. The maximum Gasteiger partial charge on any atom is 0.164 e. The van der Waals surface area contributed by atoms with Gasteiger partial charge in [-0.15, -0.1) is 0 Å². The fourth-order valence-electron chi connectivity index (χ4n) is 0.569. The van der Waals surface area contributed by atoms with Crippen molar-refractivity contribution in [3.8, 4) is 0 Å². The van der Waals surface area contributed by atoms with Gasteiger partial charge in [0.1, 0.15) is 5.69 Å². The number of hydrogen-bond donors (Lipinski definition) is 3. The van der Waals surface area contributed by atoms with E-state index in [1.807, 2.05) is 0 Å². The monoisotopic (exact) mass is 140 g/mol. The van der Waals surface area contributed by atoms with Crippen LogP contribution in [0.4, 0.5) is 0 Å². The van der Waals surface area contributed by atoms with Crippen LogP contribution < -0.4 is 11.3 Å². The number of nitrogens with one attached hydrogen (secondary N) is 2. The van der Waals surface area contributed by atoms with Crippen molar-refractivity contribution in [1.82, 2.24) is 20.8 Å². The number of aromatic amines is 1. The van der Waals surface area contributed by atoms with E-state index in [1.165, 1.54) is 6.20 Å². The third-order valence-corrected chi connectivity index (χ3v) is 1.02. The Balaban J connectivity index is 2.85. The second-order valence-electron chi connectivity index (χ2n) is 1.57. The van der Waals surface area contributed by atoms with Crippen molar-refractivity contribution in [3.63, 3.8) is 0 Å². The van der Waals surface area contributed by atoms with Crippen molar-refractivity contribution in [2.45, 2.75) is 0 Å². The van der Waals surface area contributed by atoms with Gasteiger partial charge in [-0.2, -0.15) is 15.4 Å². The molecule has 0 radical (unpaired) electrons. The Morgan fingerprint density at radius 1 is 1.90 bits per heavy atom. The predicted octanol–water partition coefficient (Wildman–Crippen LogP) is -1.36. The Morgan fingerprint density at radius 2 is 2.70 bits per heavy atom. The van der Waals surface area contributed by atoms with Gasteiger partial charge in [0.15, 0.2) is 5.84 Å². The molecule has 0 saturated carbocycles. The van der Waals surface area contributed by atoms with Gasteiger partial charge < -0.3 is 5.43 Å². The molecule has 0 aliphatic heterocycles. The minimum absolute atomic E-state index is 0.508. The van der Waals surface area contributed by atoms with Gasteiger partial charge >= 0.3 is 0 Å². The first-order valence-corrected chi connectivity index (χ1v) is 2.68. The molecule has 0 fully saturated rings. The second kappa shape index (κ2) is 2.92. The molecule has 1 heterocycles. The summed E-state index contributed by atoms with van der Waals surface area (Å²) in [6, 6.07) is 0. The van der Waals surface area contributed by atoms with E-state index in [2.05, 4.69) is 25.8 Å². The molecule has 0 spiro atoms. The molecule has 54 valence electrons. The number of aliphatic imine (C=N–C) groups is 1. The highest BCUT2D eigenvalue weighted by atomic mass is 15.3. The maximum absolute atomic E-state index is 5.11. The molecule has 0 aliphatic carbocycles. The summed E-state index contributed by atoms with van der Waals surface area (Å²) in [4.78, 5) is 3.81. The van der Waals surface area contributed by atoms with Crippen molar-refractivity contribution in [3.05, 3.63) is 11.9 Å². The molecule has 0 aromatic carbocycles. The molecule has 6 nitrogen and oxygen atoms in total. The number of amidine groups is 1. The van der Waals surface area contributed by atoms with Gasteiger partial charge in [0.25, 0.3) is 0 Å². The van der Waals surface area contributed by atoms with Gasteiger partial charge in [-0.05, 0) is 0 Å². The number of nitrogens with zero attached hydrogens (tertiary/aromatic N) is 3. The van der Waals surface area contributed by atoms with Gasteiger partial charge in [0.2, 0.25) is 0 Å². The van der Waals surface area contributed by atoms with Crippen LogP contribution in [0.2, 0.25) is 0 Å². The van der Waals surface area contributed by atoms with E-state index in [9.17, 15) is 0 Å². The molecular formula is C4H8N6. The number of aromatic nitrogens is 3. The summed E-state index contributed by atoms with van der Waals surface area (Å²) in [6.45, 7) is 0. The first kappa shape index (κ1) is 6.69. The molecule has 4 N–H and O–H groups in total. The summed E-state index contributed by atoms with van der Waals surface area (Å²) in [5.74, 6) is 5.62. The average molecular weight is 140 g/mol. The lowest BCUT2D eigenvalue weighted by molar-refractivity contribution is 0.928. The molecule has 1 aromatic rings. The molecule has 1 rings (SSSR count). The Morgan fingerprint density at radius 3 is 3.10 bits per heavy atom. The average Bonchev–Trinajstić information content (AvgIpc) is 2.43. The van der Waals surface area contributed by atoms with E-state index in [-0.39, 0.29) is 0 Å². The van der Waals surface area contributed by atoms with Crippen LogP contribution in [0.5, 0.6) is 0 Å². The van der Waals surface area contributed by atoms with Gasteiger partial charge in [-0.3, -0.25) is 4.99 Å². The first-order valence-electron chi connectivity index (χ1n) is 2.68. The summed E-state index contributed by atoms with van der Waals surface area (Å²) in [7, 11) is 1.61. The third-order valence-electron chi connectivity index (χ3n) is 1.02. The molecular weight excluding hydrogens is 132 g/mol. The molecule has 0 unspecified atom stereocenters. The zero-order valence-electron chi connectivity index (χ0n) is 5.50. The zero-order valence-corrected chi connectivity index (χ0v) is 5.50. The summed E-state index contributed by atoms with van der Waals surface area (Å²) in [5, 5.41) is 9.78. The van der Waals surface area contributed by atoms with Crippen LogP contribution in [-0.4, -0.2) is 28.3 Å². The van der Waals surface area contributed by atoms with Crippen molar-refractivity contribution in [1.29, 1.82) is 0 Å². The van der Waals surface area contributed by atoms with Crippen LogP contribution in [0, 0.1) is 0 Å². The summed E-state index contributed by atoms with van der Waals surface area (Å²) >= 11 is 0. The van der Waals surface area contributed by atoms with Crippen molar-refractivity contribution in [2.24, 2.45) is 10.8 Å². The first-order chi connectivity index (χ1) is 4.88. The van der Waals surface area contributed by atoms with E-state index in [4.69, 9.17) is 5.84 Å². The molecule has 0 bridgehead atoms. The lowest BCUT2D eigenvalue weighted by Crippen LogP contribution is -2.31. The lowest BCUT2D eigenvalue weighted by Gasteiger charge is -1.96. The Kier molecular flexibility index (Phi) is 1.96. The standard InChI is InChI=1S/C4H8N6/c1-6-4(8-5)3-2-7-10-9-3/h2H,5H2,1H3,(H,6,8)(H,7,9,10). The minimum atomic E-state index is 0.508. The van der Waals surface area contributed by atoms with Crippen LogP contribution >= 0.6 is 0 Å². The fraction of sp³-hybridized carbons (Fsp3) is 0.250. The number of nitrogens with two attached hydrogens (primary N) is 1. The highest BCUT2D eigenvalue weighted by Gasteiger charge is 2.00. The number of hydrazine groups is 1. The molecule has 10 heavy (non-hydrogen) atoms. The van der Waals surface area contributed by atoms with Gasteiger partial charge in [-0.1, -0.05) is 0 Å². The predicted molar refractivity (Wildman–Crippen MR) is 36.2 cm³/mol. The number of H-pyrrole nitrogens is 1. The summed E-state index contributed by atoms with van der Waals surface area (Å²) in [5.41, 5.74) is 2.98. The fourth-order valence-corrected chi connectivity index (χ4v) is 0.569. The molecule has 0 amide bonds. The SMILES string of the molecule is CN=C(NN)c1cn[nH]n1. The molecule has 1 aromatic heterocycles. The topological polar surface area (TPSA) is 92.0 Å². The molecule has 0 saturated heterocycles. The molecule has 0 aliphatic rings. The van der Waals surface area contributed by atoms with Crippen LogP contribution in [0.3, 0.4) is 0 Å². The van der Waals surface area contributed by atoms with E-state index in [1.54, 1.807) is 7.05 Å². The van der Waals surface area contributed by atoms with E-state index in [0.717, 1.165) is 0 Å². The highest BCUT2D eigenvalue weighted by Crippen LogP contribution is 1.87. The minimum Gasteiger partial charge on any atom is -0.307 e. The van der Waals surface area contributed by atoms with E-state index >= 15 is 0 Å². The van der Waals surface area contributed by atoms with Gasteiger partial charge in [0, 0.05) is 7.05 Å². The number of rotatable bonds is 1. The normalized spacial score (nSPS) is 11.6. The quantitative estimate of drug-likeness (QED) is 0.194. The molecule has 6 heteroatoms. The second-order valence-corrected chi connectivity index (χ2v) is 1.57. The van der Waals surface area contributed by atoms with Crippen molar-refractivity contribution >= 4 is 5.84 Å². The van der Waals surface area contributed by atoms with Crippen LogP contribution in [0.15, 0.2) is 11.2 Å². The Labute approximate surface area is 57.5 Å². The lowest BCUT2D eigenvalue weighted by atomic mass is 10.4. The van der Waals surface area contributed by atoms with Crippen LogP contribution in [0.1, 0.15) is 5.69 Å². The van der Waals surface area contributed by atoms with E-state index < -0.39 is 0 Å². The van der Waals surface area contributed by atoms with E-state index in [0.29, 0.717) is 11.5 Å². The maximum atomic E-state index is 5.11. The van der Waals surface area contributed by atoms with Crippen LogP contribution in [0.25, 0.3) is 0 Å². The number of hydrogen-bond acceptors (Lipinski definition) is 4. The Bertz CT molecular complexity index is 212. The highest BCUT2D eigenvalue weighted by molar-refractivity contribution is 5.96. The molecule has 0 atom stereocenters. The summed E-state index contributed by atoms with van der Waals surface area (Å²) in [6.07, 6.45) is 1.53. The van der Waals surface area contributed by atoms with Gasteiger partial charge in [0.05, 0.1) is 6.20 Å². The smallest absolute Gasteiger partial charge is 0.164 e. The van der Waals surface area contributed by atoms with Crippen molar-refractivity contribution in [2.75, 3.05) is 7.05 Å². The van der Waals surface area contributed by atoms with Crippen LogP contribution in [-0.2, 0) is 0 Å². The van der Waals surface area contributed by atoms with Crippen molar-refractivity contribution < 1.29 is 0 Å². The Hall–Kier alpha value is -1.43. The summed E-state index contributed by atoms with van der Waals surface area (Å²) < 4.78 is 0.